The molecule has 2 aromatic carbocycles. The van der Waals surface area contributed by atoms with Crippen molar-refractivity contribution in [2.45, 2.75) is 22.5 Å². The highest BCUT2D eigenvalue weighted by molar-refractivity contribution is 9.09. The molecule has 3 rings (SSSR count). The van der Waals surface area contributed by atoms with Gasteiger partial charge in [-0.1, -0.05) is 80.4 Å². The first-order chi connectivity index (χ1) is 8.75. The second kappa shape index (κ2) is 5.18. The van der Waals surface area contributed by atoms with Gasteiger partial charge < -0.3 is 0 Å². The van der Waals surface area contributed by atoms with Gasteiger partial charge in [0, 0.05) is 9.65 Å². The fraction of sp³-hybridized carbons (Fsp3) is 0.250. The van der Waals surface area contributed by atoms with E-state index in [-0.39, 0.29) is 0 Å². The maximum absolute atomic E-state index is 3.85. The molecule has 0 unspecified atom stereocenters. The highest BCUT2D eigenvalue weighted by atomic mass is 79.9. The van der Waals surface area contributed by atoms with E-state index >= 15 is 0 Å². The molecule has 0 bridgehead atoms. The van der Waals surface area contributed by atoms with Gasteiger partial charge in [0.25, 0.3) is 0 Å². The van der Waals surface area contributed by atoms with Gasteiger partial charge in [-0.25, -0.2) is 0 Å². The van der Waals surface area contributed by atoms with Gasteiger partial charge in [0.05, 0.1) is 0 Å². The van der Waals surface area contributed by atoms with Crippen molar-refractivity contribution in [2.75, 3.05) is 0 Å². The number of alkyl halides is 2. The molecule has 18 heavy (non-hydrogen) atoms. The van der Waals surface area contributed by atoms with Gasteiger partial charge in [0.1, 0.15) is 0 Å². The maximum Gasteiger partial charge on any atom is 0.0438 e. The molecule has 1 aliphatic carbocycles. The first-order valence-corrected chi connectivity index (χ1v) is 8.02. The van der Waals surface area contributed by atoms with Crippen LogP contribution in [0, 0.1) is 0 Å². The van der Waals surface area contributed by atoms with Crippen molar-refractivity contribution >= 4 is 31.9 Å². The highest BCUT2D eigenvalue weighted by Gasteiger charge is 2.22. The Morgan fingerprint density at radius 3 is 1.50 bits per heavy atom. The van der Waals surface area contributed by atoms with E-state index in [1.54, 1.807) is 0 Å². The van der Waals surface area contributed by atoms with Gasteiger partial charge in [0.2, 0.25) is 0 Å². The highest BCUT2D eigenvalue weighted by Crippen LogP contribution is 2.39. The normalized spacial score (nSPS) is 22.6. The molecule has 0 heterocycles. The van der Waals surface area contributed by atoms with E-state index in [2.05, 4.69) is 80.4 Å². The molecule has 0 fully saturated rings. The molecule has 0 spiro atoms. The van der Waals surface area contributed by atoms with E-state index in [1.807, 2.05) is 0 Å². The number of hydrogen-bond acceptors (Lipinski definition) is 0. The largest absolute Gasteiger partial charge is 0.0835 e. The van der Waals surface area contributed by atoms with Crippen molar-refractivity contribution in [3.63, 3.8) is 0 Å². The smallest absolute Gasteiger partial charge is 0.0438 e. The Bertz CT molecular complexity index is 511. The Morgan fingerprint density at radius 1 is 0.667 bits per heavy atom. The van der Waals surface area contributed by atoms with Gasteiger partial charge >= 0.3 is 0 Å². The van der Waals surface area contributed by atoms with Crippen molar-refractivity contribution in [3.8, 4) is 0 Å². The monoisotopic (exact) mass is 364 g/mol. The molecule has 2 aromatic rings. The van der Waals surface area contributed by atoms with Gasteiger partial charge in [-0.3, -0.25) is 0 Å². The Kier molecular flexibility index (Phi) is 3.58. The molecule has 0 N–H and O–H groups in total. The van der Waals surface area contributed by atoms with Crippen LogP contribution in [0.15, 0.2) is 48.5 Å². The molecule has 0 aliphatic heterocycles. The molecule has 0 amide bonds. The lowest BCUT2D eigenvalue weighted by atomic mass is 9.89. The summed E-state index contributed by atoms with van der Waals surface area (Å²) in [6.45, 7) is 0. The molecular weight excluding hydrogens is 352 g/mol. The average Bonchev–Trinajstić information content (AvgIpc) is 2.38. The van der Waals surface area contributed by atoms with Crippen molar-refractivity contribution < 1.29 is 0 Å². The van der Waals surface area contributed by atoms with Crippen LogP contribution in [0.4, 0.5) is 0 Å². The van der Waals surface area contributed by atoms with Crippen LogP contribution >= 0.6 is 31.9 Å². The summed E-state index contributed by atoms with van der Waals surface area (Å²) in [6, 6.07) is 17.5. The fourth-order valence-electron chi connectivity index (χ4n) is 2.66. The summed E-state index contributed by atoms with van der Waals surface area (Å²) in [5.41, 5.74) is 5.74. The molecule has 0 saturated carbocycles. The van der Waals surface area contributed by atoms with Crippen molar-refractivity contribution in [3.05, 3.63) is 70.8 Å². The third-order valence-electron chi connectivity index (χ3n) is 3.58. The van der Waals surface area contributed by atoms with Crippen molar-refractivity contribution in [1.82, 2.24) is 0 Å². The molecule has 1 aliphatic rings. The number of hydrogen-bond donors (Lipinski definition) is 0. The standard InChI is InChI=1S/C16H14Br2/c17-15-9-11-5-1-3-7-13(11)16(18)10-12-6-2-4-8-14(12)15/h1-8,15-16H,9-10H2/t15-,16-/m0/s1. The van der Waals surface area contributed by atoms with E-state index in [0.29, 0.717) is 9.65 Å². The van der Waals surface area contributed by atoms with Crippen LogP contribution in [0.25, 0.3) is 0 Å². The lowest BCUT2D eigenvalue weighted by Crippen LogP contribution is -2.10. The van der Waals surface area contributed by atoms with E-state index < -0.39 is 0 Å². The van der Waals surface area contributed by atoms with Gasteiger partial charge in [-0.15, -0.1) is 0 Å². The quantitative estimate of drug-likeness (QED) is 0.551. The average molecular weight is 366 g/mol. The lowest BCUT2D eigenvalue weighted by Gasteiger charge is -2.24. The first-order valence-electron chi connectivity index (χ1n) is 6.19. The van der Waals surface area contributed by atoms with E-state index in [0.717, 1.165) is 12.8 Å². The second-order valence-electron chi connectivity index (χ2n) is 4.74. The summed E-state index contributed by atoms with van der Waals surface area (Å²) in [7, 11) is 0. The summed E-state index contributed by atoms with van der Waals surface area (Å²) in [4.78, 5) is 0.824. The molecular formula is C16H14Br2. The lowest BCUT2D eigenvalue weighted by molar-refractivity contribution is 0.830. The maximum atomic E-state index is 3.85. The molecule has 2 atom stereocenters. The van der Waals surface area contributed by atoms with E-state index in [4.69, 9.17) is 0 Å². The van der Waals surface area contributed by atoms with Crippen molar-refractivity contribution in [1.29, 1.82) is 0 Å². The van der Waals surface area contributed by atoms with Crippen LogP contribution in [-0.4, -0.2) is 0 Å². The molecule has 92 valence electrons. The Labute approximate surface area is 125 Å². The van der Waals surface area contributed by atoms with Crippen LogP contribution in [0.3, 0.4) is 0 Å². The minimum atomic E-state index is 0.412. The predicted molar refractivity (Wildman–Crippen MR) is 83.6 cm³/mol. The van der Waals surface area contributed by atoms with Crippen molar-refractivity contribution in [2.24, 2.45) is 0 Å². The SMILES string of the molecule is Br[C@H]1Cc2ccccc2[C@@H](Br)Cc2ccccc21. The Balaban J connectivity index is 2.09. The molecule has 0 radical (unpaired) electrons. The molecule has 0 nitrogen and oxygen atoms in total. The molecule has 0 aromatic heterocycles. The fourth-order valence-corrected chi connectivity index (χ4v) is 4.25. The zero-order chi connectivity index (χ0) is 12.5. The summed E-state index contributed by atoms with van der Waals surface area (Å²) in [6.07, 6.45) is 2.10. The molecule has 0 saturated heterocycles. The third-order valence-corrected chi connectivity index (χ3v) is 5.22. The van der Waals surface area contributed by atoms with Gasteiger partial charge in [0.15, 0.2) is 0 Å². The van der Waals surface area contributed by atoms with Gasteiger partial charge in [-0.2, -0.15) is 0 Å². The van der Waals surface area contributed by atoms with Crippen LogP contribution in [-0.2, 0) is 12.8 Å². The zero-order valence-electron chi connectivity index (χ0n) is 9.94. The Morgan fingerprint density at radius 2 is 1.06 bits per heavy atom. The number of halogens is 2. The third kappa shape index (κ3) is 2.28. The topological polar surface area (TPSA) is 0 Å². The Hall–Kier alpha value is -0.600. The van der Waals surface area contributed by atoms with Crippen LogP contribution in [0.2, 0.25) is 0 Å². The molecule has 2 heteroatoms. The zero-order valence-corrected chi connectivity index (χ0v) is 13.1. The predicted octanol–water partition coefficient (Wildman–Crippen LogP) is 5.36. The first kappa shape index (κ1) is 12.4. The van der Waals surface area contributed by atoms with Gasteiger partial charge in [-0.05, 0) is 35.1 Å². The van der Waals surface area contributed by atoms with E-state index in [9.17, 15) is 0 Å². The van der Waals surface area contributed by atoms with E-state index in [1.165, 1.54) is 22.3 Å². The van der Waals surface area contributed by atoms with Crippen LogP contribution < -0.4 is 0 Å². The minimum Gasteiger partial charge on any atom is -0.0835 e. The van der Waals surface area contributed by atoms with Crippen LogP contribution in [0.1, 0.15) is 31.9 Å². The number of benzene rings is 2. The minimum absolute atomic E-state index is 0.412. The summed E-state index contributed by atoms with van der Waals surface area (Å²) < 4.78 is 0. The summed E-state index contributed by atoms with van der Waals surface area (Å²) in [5, 5.41) is 0. The summed E-state index contributed by atoms with van der Waals surface area (Å²) in [5.74, 6) is 0. The summed E-state index contributed by atoms with van der Waals surface area (Å²) >= 11 is 7.69. The number of fused-ring (bicyclic) bond motifs is 2. The van der Waals surface area contributed by atoms with Crippen LogP contribution in [0.5, 0.6) is 0 Å². The second-order valence-corrected chi connectivity index (χ2v) is 6.95. The number of rotatable bonds is 0.